The molecular weight excluding hydrogens is 408 g/mol. The third kappa shape index (κ3) is 6.00. The minimum absolute atomic E-state index is 0.0765. The summed E-state index contributed by atoms with van der Waals surface area (Å²) in [6.07, 6.45) is 5.93. The maximum Gasteiger partial charge on any atom is 0.242 e. The predicted octanol–water partition coefficient (Wildman–Crippen LogP) is 6.71. The maximum absolute atomic E-state index is 7.26. The van der Waals surface area contributed by atoms with Crippen molar-refractivity contribution in [3.05, 3.63) is 60.7 Å². The molecule has 0 amide bonds. The van der Waals surface area contributed by atoms with Gasteiger partial charge in [-0.3, -0.25) is 0 Å². The molecule has 0 aliphatic rings. The molecule has 1 unspecified atom stereocenters. The van der Waals surface area contributed by atoms with Gasteiger partial charge >= 0.3 is 0 Å². The molecule has 2 rings (SSSR count). The summed E-state index contributed by atoms with van der Waals surface area (Å²) in [5, 5.41) is 2.95. The van der Waals surface area contributed by atoms with Crippen LogP contribution in [0.1, 0.15) is 66.7 Å². The van der Waals surface area contributed by atoms with E-state index in [4.69, 9.17) is 4.43 Å². The molecule has 0 bridgehead atoms. The number of rotatable bonds is 9. The Bertz CT molecular complexity index is 802. The van der Waals surface area contributed by atoms with E-state index in [-0.39, 0.29) is 11.1 Å². The van der Waals surface area contributed by atoms with Crippen molar-refractivity contribution in [2.45, 2.75) is 91.0 Å². The molecule has 3 heteroatoms. The van der Waals surface area contributed by atoms with E-state index in [1.54, 1.807) is 0 Å². The van der Waals surface area contributed by atoms with Crippen LogP contribution in [0.15, 0.2) is 60.7 Å². The molecular formula is C28H42OSi2. The third-order valence-electron chi connectivity index (χ3n) is 6.93. The molecule has 0 spiro atoms. The van der Waals surface area contributed by atoms with Crippen molar-refractivity contribution < 1.29 is 4.43 Å². The standard InChI is InChI=1S/C28H42OSi2/c1-8-9-10-11-12-15-20-25(2)29-31(26-21-16-13-17-22-26,27-23-18-14-19-24-27)30(6,7)28(3,4)5/h13-14,16-19,21-25H,8-12H2,1-7H3. The molecule has 168 valence electrons. The zero-order valence-corrected chi connectivity index (χ0v) is 22.8. The van der Waals surface area contributed by atoms with E-state index in [0.29, 0.717) is 0 Å². The lowest BCUT2D eigenvalue weighted by molar-refractivity contribution is 0.284. The van der Waals surface area contributed by atoms with Gasteiger partial charge in [-0.2, -0.15) is 0 Å². The summed E-state index contributed by atoms with van der Waals surface area (Å²) in [4.78, 5) is 0. The molecule has 0 N–H and O–H groups in total. The minimum Gasteiger partial charge on any atom is -0.397 e. The highest BCUT2D eigenvalue weighted by Crippen LogP contribution is 2.42. The van der Waals surface area contributed by atoms with Crippen molar-refractivity contribution in [2.75, 3.05) is 0 Å². The molecule has 0 aliphatic heterocycles. The molecule has 0 aliphatic carbocycles. The predicted molar refractivity (Wildman–Crippen MR) is 142 cm³/mol. The lowest BCUT2D eigenvalue weighted by Crippen LogP contribution is -2.79. The average molecular weight is 451 g/mol. The smallest absolute Gasteiger partial charge is 0.242 e. The molecule has 2 aromatic rings. The van der Waals surface area contributed by atoms with E-state index < -0.39 is 15.4 Å². The molecule has 0 fully saturated rings. The second-order valence-electron chi connectivity index (χ2n) is 10.2. The lowest BCUT2D eigenvalue weighted by atomic mass is 10.1. The summed E-state index contributed by atoms with van der Waals surface area (Å²) >= 11 is 0. The van der Waals surface area contributed by atoms with Crippen LogP contribution in [0.5, 0.6) is 0 Å². The van der Waals surface area contributed by atoms with E-state index in [0.717, 1.165) is 6.42 Å². The van der Waals surface area contributed by atoms with Crippen LogP contribution in [-0.2, 0) is 4.43 Å². The highest BCUT2D eigenvalue weighted by Gasteiger charge is 2.59. The third-order valence-corrected chi connectivity index (χ3v) is 25.1. The Morgan fingerprint density at radius 1 is 0.839 bits per heavy atom. The van der Waals surface area contributed by atoms with E-state index in [1.165, 1.54) is 36.1 Å². The summed E-state index contributed by atoms with van der Waals surface area (Å²) in [5.41, 5.74) is 0. The van der Waals surface area contributed by atoms with Gasteiger partial charge < -0.3 is 4.43 Å². The Kier molecular flexibility index (Phi) is 9.36. The zero-order chi connectivity index (χ0) is 23.0. The van der Waals surface area contributed by atoms with Gasteiger partial charge in [-0.15, -0.1) is 5.92 Å². The zero-order valence-electron chi connectivity index (χ0n) is 20.8. The van der Waals surface area contributed by atoms with Crippen molar-refractivity contribution in [3.63, 3.8) is 0 Å². The van der Waals surface area contributed by atoms with Crippen LogP contribution in [0.3, 0.4) is 0 Å². The maximum atomic E-state index is 7.26. The molecule has 2 aromatic carbocycles. The number of unbranched alkanes of at least 4 members (excludes halogenated alkanes) is 4. The SMILES string of the molecule is CCCCCCC#CC(C)O[Si](c1ccccc1)(c1ccccc1)[Si](C)(C)C(C)(C)C. The van der Waals surface area contributed by atoms with Crippen LogP contribution in [0, 0.1) is 11.8 Å². The Balaban J connectivity index is 2.53. The summed E-state index contributed by atoms with van der Waals surface area (Å²) in [6, 6.07) is 22.1. The fraction of sp³-hybridized carbons (Fsp3) is 0.500. The van der Waals surface area contributed by atoms with E-state index in [1.807, 2.05) is 0 Å². The van der Waals surface area contributed by atoms with Gasteiger partial charge in [0.15, 0.2) is 0 Å². The fourth-order valence-electron chi connectivity index (χ4n) is 4.20. The Morgan fingerprint density at radius 2 is 1.35 bits per heavy atom. The van der Waals surface area contributed by atoms with E-state index in [9.17, 15) is 0 Å². The number of benzene rings is 2. The van der Waals surface area contributed by atoms with Gasteiger partial charge in [-0.05, 0) is 28.8 Å². The highest BCUT2D eigenvalue weighted by atomic mass is 29.3. The lowest BCUT2D eigenvalue weighted by Gasteiger charge is -2.51. The molecule has 0 heterocycles. The Labute approximate surface area is 193 Å². The molecule has 0 aromatic heterocycles. The first kappa shape index (κ1) is 25.7. The number of hydrogen-bond donors (Lipinski definition) is 0. The molecule has 1 atom stereocenters. The van der Waals surface area contributed by atoms with Gasteiger partial charge in [-0.1, -0.05) is 127 Å². The van der Waals surface area contributed by atoms with Gasteiger partial charge in [0.05, 0.1) is 7.59 Å². The second-order valence-corrected chi connectivity index (χ2v) is 23.5. The Morgan fingerprint density at radius 3 is 1.81 bits per heavy atom. The van der Waals surface area contributed by atoms with E-state index >= 15 is 0 Å². The van der Waals surface area contributed by atoms with Gasteiger partial charge in [0.1, 0.15) is 6.10 Å². The van der Waals surface area contributed by atoms with Crippen LogP contribution in [0.4, 0.5) is 0 Å². The first-order valence-electron chi connectivity index (χ1n) is 11.9. The van der Waals surface area contributed by atoms with Crippen molar-refractivity contribution >= 4 is 25.8 Å². The summed E-state index contributed by atoms with van der Waals surface area (Å²) in [5.74, 6) is 6.88. The monoisotopic (exact) mass is 450 g/mol. The van der Waals surface area contributed by atoms with Crippen LogP contribution in [0.25, 0.3) is 0 Å². The quantitative estimate of drug-likeness (QED) is 0.234. The average Bonchev–Trinajstić information content (AvgIpc) is 2.74. The first-order chi connectivity index (χ1) is 14.7. The van der Waals surface area contributed by atoms with Crippen molar-refractivity contribution in [1.29, 1.82) is 0 Å². The molecule has 31 heavy (non-hydrogen) atoms. The molecule has 0 saturated carbocycles. The van der Waals surface area contributed by atoms with Gasteiger partial charge in [0.2, 0.25) is 7.83 Å². The van der Waals surface area contributed by atoms with E-state index in [2.05, 4.69) is 120 Å². The van der Waals surface area contributed by atoms with Gasteiger partial charge in [0, 0.05) is 6.42 Å². The largest absolute Gasteiger partial charge is 0.397 e. The van der Waals surface area contributed by atoms with Gasteiger partial charge in [-0.25, -0.2) is 0 Å². The van der Waals surface area contributed by atoms with Crippen molar-refractivity contribution in [3.8, 4) is 11.8 Å². The summed E-state index contributed by atoms with van der Waals surface area (Å²) in [6.45, 7) is 16.7. The Hall–Kier alpha value is -1.61. The van der Waals surface area contributed by atoms with Crippen LogP contribution in [-0.4, -0.2) is 21.5 Å². The molecule has 0 saturated heterocycles. The fourth-order valence-corrected chi connectivity index (χ4v) is 19.4. The van der Waals surface area contributed by atoms with Crippen LogP contribution < -0.4 is 10.4 Å². The first-order valence-corrected chi connectivity index (χ1v) is 17.8. The molecule has 0 radical (unpaired) electrons. The topological polar surface area (TPSA) is 9.23 Å². The van der Waals surface area contributed by atoms with Crippen LogP contribution >= 0.6 is 0 Å². The summed E-state index contributed by atoms with van der Waals surface area (Å²) < 4.78 is 7.26. The second kappa shape index (κ2) is 11.3. The van der Waals surface area contributed by atoms with Crippen LogP contribution in [0.2, 0.25) is 18.1 Å². The van der Waals surface area contributed by atoms with Crippen molar-refractivity contribution in [1.82, 2.24) is 0 Å². The number of hydrogen-bond acceptors (Lipinski definition) is 1. The summed E-state index contributed by atoms with van der Waals surface area (Å²) in [7, 11) is -4.46. The van der Waals surface area contributed by atoms with Gasteiger partial charge in [0.25, 0.3) is 0 Å². The normalized spacial score (nSPS) is 13.4. The minimum atomic E-state index is -2.52. The highest BCUT2D eigenvalue weighted by molar-refractivity contribution is 7.49. The molecule has 1 nitrogen and oxygen atoms in total. The van der Waals surface area contributed by atoms with Crippen molar-refractivity contribution in [2.24, 2.45) is 0 Å².